The number of nitrogens with zero attached hydrogens (tertiary/aromatic N) is 2. The van der Waals surface area contributed by atoms with Crippen molar-refractivity contribution in [1.29, 1.82) is 0 Å². The first-order valence-corrected chi connectivity index (χ1v) is 7.39. The second-order valence-corrected chi connectivity index (χ2v) is 5.20. The van der Waals surface area contributed by atoms with Gasteiger partial charge in [-0.3, -0.25) is 4.98 Å². The number of hydrogen-bond acceptors (Lipinski definition) is 2. The third kappa shape index (κ3) is 3.64. The van der Waals surface area contributed by atoms with Crippen LogP contribution in [-0.2, 0) is 0 Å². The van der Waals surface area contributed by atoms with Crippen LogP contribution in [0, 0.1) is 11.8 Å². The molecular weight excluding hydrogens is 274 g/mol. The second kappa shape index (κ2) is 6.77. The fourth-order valence-electron chi connectivity index (χ4n) is 2.37. The van der Waals surface area contributed by atoms with Gasteiger partial charge >= 0.3 is 6.03 Å². The molecule has 1 aromatic heterocycles. The van der Waals surface area contributed by atoms with Gasteiger partial charge in [0.25, 0.3) is 0 Å². The van der Waals surface area contributed by atoms with Gasteiger partial charge in [-0.1, -0.05) is 30.0 Å². The Bertz CT molecular complexity index is 710. The van der Waals surface area contributed by atoms with Crippen molar-refractivity contribution in [3.8, 4) is 11.8 Å². The van der Waals surface area contributed by atoms with Crippen LogP contribution < -0.4 is 5.32 Å². The maximum Gasteiger partial charge on any atom is 0.321 e. The van der Waals surface area contributed by atoms with E-state index in [-0.39, 0.29) is 6.03 Å². The van der Waals surface area contributed by atoms with E-state index in [9.17, 15) is 4.79 Å². The van der Waals surface area contributed by atoms with Crippen LogP contribution >= 0.6 is 0 Å². The summed E-state index contributed by atoms with van der Waals surface area (Å²) in [5, 5.41) is 2.88. The number of rotatable bonds is 1. The Morgan fingerprint density at radius 2 is 1.77 bits per heavy atom. The van der Waals surface area contributed by atoms with E-state index in [2.05, 4.69) is 22.1 Å². The maximum atomic E-state index is 12.1. The minimum Gasteiger partial charge on any atom is -0.325 e. The number of aromatic nitrogens is 1. The average Bonchev–Trinajstić information content (AvgIpc) is 3.09. The minimum atomic E-state index is -0.0625. The molecule has 1 aliphatic heterocycles. The molecule has 1 N–H and O–H groups in total. The van der Waals surface area contributed by atoms with Gasteiger partial charge in [-0.2, -0.15) is 0 Å². The summed E-state index contributed by atoms with van der Waals surface area (Å²) in [6.07, 6.45) is 5.49. The summed E-state index contributed by atoms with van der Waals surface area (Å²) in [6.45, 7) is 1.65. The first kappa shape index (κ1) is 14.2. The zero-order valence-electron chi connectivity index (χ0n) is 12.2. The minimum absolute atomic E-state index is 0.0625. The molecule has 0 atom stereocenters. The number of carbonyl (C=O) groups is 1. The van der Waals surface area contributed by atoms with Gasteiger partial charge in [-0.15, -0.1) is 0 Å². The van der Waals surface area contributed by atoms with Crippen molar-refractivity contribution in [2.75, 3.05) is 18.4 Å². The summed E-state index contributed by atoms with van der Waals surface area (Å²) >= 11 is 0. The molecule has 2 heterocycles. The van der Waals surface area contributed by atoms with Crippen LogP contribution in [0.4, 0.5) is 10.5 Å². The molecule has 0 spiro atoms. The first-order chi connectivity index (χ1) is 10.8. The molecule has 0 bridgehead atoms. The second-order valence-electron chi connectivity index (χ2n) is 5.20. The van der Waals surface area contributed by atoms with E-state index in [4.69, 9.17) is 0 Å². The molecule has 22 heavy (non-hydrogen) atoms. The van der Waals surface area contributed by atoms with Crippen LogP contribution in [0.15, 0.2) is 48.8 Å². The number of likely N-dealkylation sites (tertiary alicyclic amines) is 1. The number of amides is 2. The highest BCUT2D eigenvalue weighted by Gasteiger charge is 2.17. The smallest absolute Gasteiger partial charge is 0.321 e. The maximum absolute atomic E-state index is 12.1. The zero-order chi connectivity index (χ0) is 15.2. The molecule has 4 heteroatoms. The third-order valence-electron chi connectivity index (χ3n) is 3.51. The van der Waals surface area contributed by atoms with E-state index in [1.807, 2.05) is 41.3 Å². The summed E-state index contributed by atoms with van der Waals surface area (Å²) in [5.41, 5.74) is 2.41. The van der Waals surface area contributed by atoms with Gasteiger partial charge in [-0.05, 0) is 31.0 Å². The van der Waals surface area contributed by atoms with Crippen molar-refractivity contribution in [2.45, 2.75) is 12.8 Å². The van der Waals surface area contributed by atoms with Crippen LogP contribution in [0.5, 0.6) is 0 Å². The Kier molecular flexibility index (Phi) is 4.35. The molecule has 2 aromatic rings. The van der Waals surface area contributed by atoms with E-state index < -0.39 is 0 Å². The van der Waals surface area contributed by atoms with Gasteiger partial charge in [0.05, 0.1) is 11.9 Å². The van der Waals surface area contributed by atoms with Gasteiger partial charge in [0.2, 0.25) is 0 Å². The van der Waals surface area contributed by atoms with Crippen molar-refractivity contribution in [3.05, 3.63) is 59.9 Å². The molecule has 1 aromatic carbocycles. The Morgan fingerprint density at radius 3 is 2.55 bits per heavy atom. The highest BCUT2D eigenvalue weighted by molar-refractivity contribution is 5.89. The zero-order valence-corrected chi connectivity index (χ0v) is 12.2. The molecule has 1 saturated heterocycles. The van der Waals surface area contributed by atoms with Crippen molar-refractivity contribution in [3.63, 3.8) is 0 Å². The number of benzene rings is 1. The van der Waals surface area contributed by atoms with Crippen LogP contribution in [0.25, 0.3) is 0 Å². The standard InChI is InChI=1S/C18H17N3O/c22-18(21-10-4-5-11-21)20-17-12-16(13-19-14-17)9-8-15-6-2-1-3-7-15/h1-3,6-7,12-14H,4-5,10-11H2,(H,20,22). The van der Waals surface area contributed by atoms with E-state index >= 15 is 0 Å². The van der Waals surface area contributed by atoms with Gasteiger partial charge < -0.3 is 10.2 Å². The van der Waals surface area contributed by atoms with Gasteiger partial charge in [0, 0.05) is 30.4 Å². The largest absolute Gasteiger partial charge is 0.325 e. The van der Waals surface area contributed by atoms with Crippen LogP contribution in [0.3, 0.4) is 0 Å². The molecular formula is C18H17N3O. The van der Waals surface area contributed by atoms with E-state index in [1.165, 1.54) is 0 Å². The molecule has 3 rings (SSSR count). The molecule has 1 fully saturated rings. The number of anilines is 1. The first-order valence-electron chi connectivity index (χ1n) is 7.39. The predicted molar refractivity (Wildman–Crippen MR) is 86.5 cm³/mol. The monoisotopic (exact) mass is 291 g/mol. The highest BCUT2D eigenvalue weighted by atomic mass is 16.2. The Morgan fingerprint density at radius 1 is 1.05 bits per heavy atom. The fourth-order valence-corrected chi connectivity index (χ4v) is 2.37. The molecule has 1 aliphatic rings. The van der Waals surface area contributed by atoms with E-state index in [0.717, 1.165) is 37.1 Å². The van der Waals surface area contributed by atoms with Crippen LogP contribution in [0.2, 0.25) is 0 Å². The number of nitrogens with one attached hydrogen (secondary N) is 1. The highest BCUT2D eigenvalue weighted by Crippen LogP contribution is 2.12. The molecule has 0 aliphatic carbocycles. The normalized spacial score (nSPS) is 13.4. The fraction of sp³-hybridized carbons (Fsp3) is 0.222. The third-order valence-corrected chi connectivity index (χ3v) is 3.51. The number of pyridine rings is 1. The van der Waals surface area contributed by atoms with Gasteiger partial charge in [-0.25, -0.2) is 4.79 Å². The summed E-state index contributed by atoms with van der Waals surface area (Å²) in [7, 11) is 0. The Hall–Kier alpha value is -2.80. The van der Waals surface area contributed by atoms with E-state index in [1.54, 1.807) is 12.4 Å². The number of hydrogen-bond donors (Lipinski definition) is 1. The molecule has 0 radical (unpaired) electrons. The van der Waals surface area contributed by atoms with Crippen molar-refractivity contribution in [1.82, 2.24) is 9.88 Å². The quantitative estimate of drug-likeness (QED) is 0.821. The Labute approximate surface area is 130 Å². The lowest BCUT2D eigenvalue weighted by molar-refractivity contribution is 0.222. The van der Waals surface area contributed by atoms with Crippen LogP contribution in [0.1, 0.15) is 24.0 Å². The Balaban J connectivity index is 1.70. The van der Waals surface area contributed by atoms with Crippen molar-refractivity contribution in [2.24, 2.45) is 0 Å². The summed E-state index contributed by atoms with van der Waals surface area (Å²) in [4.78, 5) is 18.0. The average molecular weight is 291 g/mol. The summed E-state index contributed by atoms with van der Waals surface area (Å²) in [5.74, 6) is 6.15. The lowest BCUT2D eigenvalue weighted by atomic mass is 10.2. The lowest BCUT2D eigenvalue weighted by Gasteiger charge is -2.15. The predicted octanol–water partition coefficient (Wildman–Crippen LogP) is 3.11. The van der Waals surface area contributed by atoms with Crippen molar-refractivity contribution >= 4 is 11.7 Å². The SMILES string of the molecule is O=C(Nc1cncc(C#Cc2ccccc2)c1)N1CCCC1. The molecule has 4 nitrogen and oxygen atoms in total. The van der Waals surface area contributed by atoms with Crippen molar-refractivity contribution < 1.29 is 4.79 Å². The van der Waals surface area contributed by atoms with Crippen LogP contribution in [-0.4, -0.2) is 29.0 Å². The van der Waals surface area contributed by atoms with Gasteiger partial charge in [0.1, 0.15) is 0 Å². The molecule has 110 valence electrons. The van der Waals surface area contributed by atoms with E-state index in [0.29, 0.717) is 5.69 Å². The summed E-state index contributed by atoms with van der Waals surface area (Å²) in [6, 6.07) is 11.6. The lowest BCUT2D eigenvalue weighted by Crippen LogP contribution is -2.32. The molecule has 0 saturated carbocycles. The molecule has 0 unspecified atom stereocenters. The van der Waals surface area contributed by atoms with Gasteiger partial charge in [0.15, 0.2) is 0 Å². The summed E-state index contributed by atoms with van der Waals surface area (Å²) < 4.78 is 0. The number of carbonyl (C=O) groups excluding carboxylic acids is 1. The number of urea groups is 1. The topological polar surface area (TPSA) is 45.2 Å². The molecule has 2 amide bonds.